The molecular weight excluding hydrogens is 178 g/mol. The minimum Gasteiger partial charge on any atom is -0.634 e. The molecule has 0 saturated carbocycles. The van der Waals surface area contributed by atoms with Crippen molar-refractivity contribution in [2.45, 2.75) is 18.3 Å². The minimum atomic E-state index is -0.360. The lowest BCUT2D eigenvalue weighted by Gasteiger charge is -2.31. The molecule has 0 heterocycles. The van der Waals surface area contributed by atoms with Crippen molar-refractivity contribution in [1.82, 2.24) is 0 Å². The van der Waals surface area contributed by atoms with Crippen LogP contribution in [-0.4, -0.2) is 23.1 Å². The SMILES string of the molecule is CC[NH+]([O-])C1C=C(O)C=CC1Cl. The van der Waals surface area contributed by atoms with Crippen LogP contribution in [0.3, 0.4) is 0 Å². The van der Waals surface area contributed by atoms with E-state index in [2.05, 4.69) is 0 Å². The van der Waals surface area contributed by atoms with Gasteiger partial charge in [-0.25, -0.2) is 0 Å². The van der Waals surface area contributed by atoms with E-state index in [0.717, 1.165) is 0 Å². The first-order valence-corrected chi connectivity index (χ1v) is 4.34. The second-order valence-electron chi connectivity index (χ2n) is 2.74. The summed E-state index contributed by atoms with van der Waals surface area (Å²) in [6, 6.07) is -0.360. The maximum Gasteiger partial charge on any atom is 0.130 e. The molecule has 12 heavy (non-hydrogen) atoms. The number of hydrogen-bond donors (Lipinski definition) is 2. The molecular formula is C8H12ClNO2. The quantitative estimate of drug-likeness (QED) is 0.487. The summed E-state index contributed by atoms with van der Waals surface area (Å²) >= 11 is 5.86. The molecule has 0 saturated heterocycles. The number of aliphatic hydroxyl groups excluding tert-OH is 1. The van der Waals surface area contributed by atoms with E-state index in [1.54, 1.807) is 13.0 Å². The van der Waals surface area contributed by atoms with Gasteiger partial charge in [0, 0.05) is 6.08 Å². The number of quaternary nitrogens is 1. The average Bonchev–Trinajstić information content (AvgIpc) is 2.08. The molecule has 3 nitrogen and oxygen atoms in total. The maximum atomic E-state index is 11.2. The van der Waals surface area contributed by atoms with Crippen LogP contribution in [0.15, 0.2) is 24.0 Å². The highest BCUT2D eigenvalue weighted by Gasteiger charge is 2.23. The summed E-state index contributed by atoms with van der Waals surface area (Å²) in [7, 11) is 0. The third-order valence-electron chi connectivity index (χ3n) is 1.86. The molecule has 1 aliphatic carbocycles. The summed E-state index contributed by atoms with van der Waals surface area (Å²) in [6.07, 6.45) is 4.65. The number of rotatable bonds is 2. The van der Waals surface area contributed by atoms with Crippen molar-refractivity contribution in [2.24, 2.45) is 0 Å². The lowest BCUT2D eigenvalue weighted by atomic mass is 10.1. The molecule has 0 aromatic rings. The van der Waals surface area contributed by atoms with Crippen LogP contribution in [0, 0.1) is 5.21 Å². The zero-order valence-electron chi connectivity index (χ0n) is 6.83. The van der Waals surface area contributed by atoms with E-state index in [0.29, 0.717) is 6.54 Å². The van der Waals surface area contributed by atoms with E-state index in [4.69, 9.17) is 16.7 Å². The molecule has 0 radical (unpaired) electrons. The van der Waals surface area contributed by atoms with E-state index in [1.807, 2.05) is 0 Å². The second-order valence-corrected chi connectivity index (χ2v) is 3.24. The fraction of sp³-hybridized carbons (Fsp3) is 0.500. The van der Waals surface area contributed by atoms with Gasteiger partial charge in [0.25, 0.3) is 0 Å². The first kappa shape index (κ1) is 9.58. The van der Waals surface area contributed by atoms with Crippen LogP contribution in [0.5, 0.6) is 0 Å². The van der Waals surface area contributed by atoms with Crippen LogP contribution >= 0.6 is 11.6 Å². The molecule has 68 valence electrons. The van der Waals surface area contributed by atoms with Gasteiger partial charge < -0.3 is 15.4 Å². The summed E-state index contributed by atoms with van der Waals surface area (Å²) in [5.41, 5.74) is 0. The molecule has 4 heteroatoms. The Labute approximate surface area is 76.5 Å². The molecule has 1 aliphatic rings. The topological polar surface area (TPSA) is 47.7 Å². The molecule has 0 bridgehead atoms. The second kappa shape index (κ2) is 3.94. The van der Waals surface area contributed by atoms with E-state index < -0.39 is 0 Å². The minimum absolute atomic E-state index is 0.0610. The molecule has 3 unspecified atom stereocenters. The number of aliphatic hydroxyl groups is 1. The molecule has 0 aromatic heterocycles. The van der Waals surface area contributed by atoms with Gasteiger partial charge in [-0.15, -0.1) is 11.6 Å². The van der Waals surface area contributed by atoms with Gasteiger partial charge in [-0.3, -0.25) is 0 Å². The highest BCUT2D eigenvalue weighted by atomic mass is 35.5. The first-order chi connectivity index (χ1) is 5.65. The monoisotopic (exact) mass is 189 g/mol. The fourth-order valence-electron chi connectivity index (χ4n) is 1.15. The Bertz CT molecular complexity index is 215. The molecule has 0 amide bonds. The van der Waals surface area contributed by atoms with E-state index in [9.17, 15) is 5.21 Å². The summed E-state index contributed by atoms with van der Waals surface area (Å²) in [4.78, 5) is 0. The zero-order chi connectivity index (χ0) is 9.14. The molecule has 2 N–H and O–H groups in total. The van der Waals surface area contributed by atoms with Crippen LogP contribution in [0.4, 0.5) is 0 Å². The normalized spacial score (nSPS) is 31.4. The van der Waals surface area contributed by atoms with E-state index >= 15 is 0 Å². The van der Waals surface area contributed by atoms with Gasteiger partial charge in [-0.2, -0.15) is 0 Å². The highest BCUT2D eigenvalue weighted by molar-refractivity contribution is 6.22. The summed E-state index contributed by atoms with van der Waals surface area (Å²) in [5.74, 6) is 0.124. The predicted molar refractivity (Wildman–Crippen MR) is 48.2 cm³/mol. The highest BCUT2D eigenvalue weighted by Crippen LogP contribution is 2.12. The van der Waals surface area contributed by atoms with Gasteiger partial charge in [-0.1, -0.05) is 6.08 Å². The molecule has 3 atom stereocenters. The zero-order valence-corrected chi connectivity index (χ0v) is 7.58. The number of hydrogen-bond acceptors (Lipinski definition) is 2. The van der Waals surface area contributed by atoms with Crippen molar-refractivity contribution < 1.29 is 10.2 Å². The van der Waals surface area contributed by atoms with Crippen molar-refractivity contribution in [3.8, 4) is 0 Å². The van der Waals surface area contributed by atoms with Crippen molar-refractivity contribution in [3.05, 3.63) is 29.2 Å². The smallest absolute Gasteiger partial charge is 0.130 e. The molecule has 0 aliphatic heterocycles. The number of allylic oxidation sites excluding steroid dienone is 1. The number of hydroxylamine groups is 2. The first-order valence-electron chi connectivity index (χ1n) is 3.91. The molecule has 0 aromatic carbocycles. The Kier molecular flexibility index (Phi) is 3.14. The van der Waals surface area contributed by atoms with Gasteiger partial charge >= 0.3 is 0 Å². The Morgan fingerprint density at radius 1 is 1.75 bits per heavy atom. The van der Waals surface area contributed by atoms with E-state index in [1.165, 1.54) is 12.2 Å². The van der Waals surface area contributed by atoms with Gasteiger partial charge in [0.2, 0.25) is 0 Å². The van der Waals surface area contributed by atoms with Gasteiger partial charge in [0.15, 0.2) is 0 Å². The van der Waals surface area contributed by atoms with Crippen LogP contribution < -0.4 is 5.06 Å². The summed E-state index contributed by atoms with van der Waals surface area (Å²) < 4.78 is 0. The van der Waals surface area contributed by atoms with Gasteiger partial charge in [0.05, 0.1) is 6.54 Å². The Balaban J connectivity index is 2.70. The maximum absolute atomic E-state index is 11.2. The summed E-state index contributed by atoms with van der Waals surface area (Å²) in [5, 5.41) is 20.1. The van der Waals surface area contributed by atoms with Crippen molar-refractivity contribution in [1.29, 1.82) is 0 Å². The number of nitrogens with one attached hydrogen (secondary N) is 1. The Morgan fingerprint density at radius 2 is 2.42 bits per heavy atom. The van der Waals surface area contributed by atoms with Crippen LogP contribution in [0.25, 0.3) is 0 Å². The number of likely N-dealkylation sites (N-methyl/N-ethyl adjacent to an activating group) is 1. The van der Waals surface area contributed by atoms with Gasteiger partial charge in [0.1, 0.15) is 17.2 Å². The third kappa shape index (κ3) is 2.00. The lowest BCUT2D eigenvalue weighted by molar-refractivity contribution is -0.865. The van der Waals surface area contributed by atoms with Crippen molar-refractivity contribution in [3.63, 3.8) is 0 Å². The van der Waals surface area contributed by atoms with E-state index in [-0.39, 0.29) is 22.2 Å². The average molecular weight is 190 g/mol. The Morgan fingerprint density at radius 3 is 3.00 bits per heavy atom. The summed E-state index contributed by atoms with van der Waals surface area (Å²) in [6.45, 7) is 2.24. The molecule has 1 rings (SSSR count). The fourth-order valence-corrected chi connectivity index (χ4v) is 1.43. The number of halogens is 1. The Hall–Kier alpha value is -0.510. The third-order valence-corrected chi connectivity index (χ3v) is 2.28. The van der Waals surface area contributed by atoms with Crippen molar-refractivity contribution in [2.75, 3.05) is 6.54 Å². The van der Waals surface area contributed by atoms with Crippen LogP contribution in [-0.2, 0) is 0 Å². The van der Waals surface area contributed by atoms with Crippen LogP contribution in [0.2, 0.25) is 0 Å². The molecule has 0 fully saturated rings. The largest absolute Gasteiger partial charge is 0.634 e. The molecule has 0 spiro atoms. The standard InChI is InChI=1S/C8H12ClNO2/c1-2-10(12)8-5-6(11)3-4-7(8)9/h3-5,7-8,10-11H,2H2,1H3. The van der Waals surface area contributed by atoms with Gasteiger partial charge in [-0.05, 0) is 13.0 Å². The lowest BCUT2D eigenvalue weighted by Crippen LogP contribution is -3.12. The van der Waals surface area contributed by atoms with Crippen LogP contribution in [0.1, 0.15) is 6.92 Å². The predicted octanol–water partition coefficient (Wildman–Crippen LogP) is 0.377. The van der Waals surface area contributed by atoms with Crippen molar-refractivity contribution >= 4 is 11.6 Å². The number of alkyl halides is 1.